The summed E-state index contributed by atoms with van der Waals surface area (Å²) < 4.78 is 28.3. The zero-order valence-electron chi connectivity index (χ0n) is 17.1. The van der Waals surface area contributed by atoms with Crippen molar-refractivity contribution in [2.45, 2.75) is 43.5 Å². The normalized spacial score (nSPS) is 17.5. The van der Waals surface area contributed by atoms with Crippen molar-refractivity contribution in [3.8, 4) is 0 Å². The molecule has 1 fully saturated rings. The van der Waals surface area contributed by atoms with Gasteiger partial charge in [0.2, 0.25) is 15.9 Å². The Morgan fingerprint density at radius 3 is 2.67 bits per heavy atom. The summed E-state index contributed by atoms with van der Waals surface area (Å²) in [5.74, 6) is -0.0518. The van der Waals surface area contributed by atoms with Crippen LogP contribution in [-0.4, -0.2) is 36.2 Å². The summed E-state index contributed by atoms with van der Waals surface area (Å²) in [6.45, 7) is 4.44. The number of rotatable bonds is 5. The number of amides is 1. The van der Waals surface area contributed by atoms with Crippen molar-refractivity contribution in [1.82, 2.24) is 9.29 Å². The molecule has 0 saturated carbocycles. The summed E-state index contributed by atoms with van der Waals surface area (Å²) in [6.07, 6.45) is 2.72. The maximum Gasteiger partial charge on any atom is 0.245 e. The van der Waals surface area contributed by atoms with Gasteiger partial charge in [0.05, 0.1) is 5.52 Å². The first kappa shape index (κ1) is 20.5. The fourth-order valence-corrected chi connectivity index (χ4v) is 5.85. The van der Waals surface area contributed by atoms with E-state index in [-0.39, 0.29) is 16.7 Å². The number of carbonyl (C=O) groups excluding carboxylic acids is 1. The lowest BCUT2D eigenvalue weighted by Gasteiger charge is -2.24. The van der Waals surface area contributed by atoms with E-state index in [1.165, 1.54) is 4.31 Å². The van der Waals surface area contributed by atoms with Gasteiger partial charge in [0, 0.05) is 23.8 Å². The van der Waals surface area contributed by atoms with Crippen molar-refractivity contribution < 1.29 is 13.2 Å². The molecule has 2 aromatic carbocycles. The van der Waals surface area contributed by atoms with Crippen LogP contribution in [0.5, 0.6) is 0 Å². The Balaban J connectivity index is 1.66. The average molecular weight is 424 g/mol. The number of carbonyl (C=O) groups is 1. The number of aromatic nitrogens is 1. The lowest BCUT2D eigenvalue weighted by atomic mass is 10.0. The van der Waals surface area contributed by atoms with Crippen LogP contribution in [0.15, 0.2) is 65.7 Å². The molecule has 0 bridgehead atoms. The van der Waals surface area contributed by atoms with Gasteiger partial charge in [-0.15, -0.1) is 0 Å². The van der Waals surface area contributed by atoms with E-state index in [4.69, 9.17) is 0 Å². The number of nitrogens with one attached hydrogen (secondary N) is 1. The van der Waals surface area contributed by atoms with Crippen LogP contribution in [0.3, 0.4) is 0 Å². The zero-order valence-corrected chi connectivity index (χ0v) is 17.9. The van der Waals surface area contributed by atoms with Crippen LogP contribution in [0, 0.1) is 0 Å². The van der Waals surface area contributed by atoms with E-state index in [0.29, 0.717) is 24.9 Å². The number of para-hydroxylation sites is 2. The Hall–Kier alpha value is -2.77. The van der Waals surface area contributed by atoms with Crippen molar-refractivity contribution >= 4 is 32.5 Å². The molecule has 6 nitrogen and oxygen atoms in total. The van der Waals surface area contributed by atoms with Gasteiger partial charge in [-0.3, -0.25) is 9.78 Å². The van der Waals surface area contributed by atoms with E-state index in [2.05, 4.69) is 24.1 Å². The molecule has 1 N–H and O–H groups in total. The molecule has 1 aromatic heterocycles. The predicted octanol–water partition coefficient (Wildman–Crippen LogP) is 4.15. The van der Waals surface area contributed by atoms with E-state index in [1.54, 1.807) is 24.4 Å². The SMILES string of the molecule is CC(C)c1ccccc1NC(=O)C1CCCN1S(=O)(=O)c1cccc2cccnc12. The Morgan fingerprint density at radius 2 is 1.87 bits per heavy atom. The quantitative estimate of drug-likeness (QED) is 0.669. The maximum absolute atomic E-state index is 13.5. The number of fused-ring (bicyclic) bond motifs is 1. The van der Waals surface area contributed by atoms with Gasteiger partial charge in [0.25, 0.3) is 0 Å². The topological polar surface area (TPSA) is 79.4 Å². The molecule has 1 atom stereocenters. The van der Waals surface area contributed by atoms with Crippen LogP contribution in [0.25, 0.3) is 10.9 Å². The molecule has 0 radical (unpaired) electrons. The van der Waals surface area contributed by atoms with E-state index in [1.807, 2.05) is 36.4 Å². The summed E-state index contributed by atoms with van der Waals surface area (Å²) in [4.78, 5) is 17.5. The second-order valence-corrected chi connectivity index (χ2v) is 9.70. The van der Waals surface area contributed by atoms with Crippen LogP contribution in [0.2, 0.25) is 0 Å². The first-order chi connectivity index (χ1) is 14.4. The second kappa shape index (κ2) is 8.16. The summed E-state index contributed by atoms with van der Waals surface area (Å²) in [7, 11) is -3.87. The molecule has 0 spiro atoms. The molecule has 1 saturated heterocycles. The van der Waals surface area contributed by atoms with Gasteiger partial charge in [-0.25, -0.2) is 8.42 Å². The highest BCUT2D eigenvalue weighted by Gasteiger charge is 2.40. The minimum Gasteiger partial charge on any atom is -0.324 e. The number of benzene rings is 2. The van der Waals surface area contributed by atoms with Gasteiger partial charge >= 0.3 is 0 Å². The summed E-state index contributed by atoms with van der Waals surface area (Å²) >= 11 is 0. The third kappa shape index (κ3) is 3.70. The second-order valence-electron chi connectivity index (χ2n) is 7.84. The first-order valence-corrected chi connectivity index (χ1v) is 11.6. The molecule has 4 rings (SSSR count). The molecule has 3 aromatic rings. The van der Waals surface area contributed by atoms with Gasteiger partial charge in [-0.1, -0.05) is 50.2 Å². The molecule has 1 aliphatic rings. The molecule has 1 amide bonds. The number of hydrogen-bond donors (Lipinski definition) is 1. The van der Waals surface area contributed by atoms with Crippen molar-refractivity contribution in [2.75, 3.05) is 11.9 Å². The van der Waals surface area contributed by atoms with Crippen LogP contribution in [0.4, 0.5) is 5.69 Å². The lowest BCUT2D eigenvalue weighted by Crippen LogP contribution is -2.43. The van der Waals surface area contributed by atoms with Crippen molar-refractivity contribution in [1.29, 1.82) is 0 Å². The average Bonchev–Trinajstić information content (AvgIpc) is 3.24. The van der Waals surface area contributed by atoms with E-state index in [0.717, 1.165) is 16.6 Å². The van der Waals surface area contributed by atoms with Gasteiger partial charge in [-0.05, 0) is 42.5 Å². The minimum absolute atomic E-state index is 0.142. The standard InChI is InChI=1S/C23H25N3O3S/c1-16(2)18-10-3-4-11-19(18)25-23(27)20-12-7-15-26(20)30(28,29)21-13-5-8-17-9-6-14-24-22(17)21/h3-6,8-11,13-14,16,20H,7,12,15H2,1-2H3,(H,25,27). The van der Waals surface area contributed by atoms with Crippen LogP contribution < -0.4 is 5.32 Å². The van der Waals surface area contributed by atoms with Crippen LogP contribution in [0.1, 0.15) is 38.2 Å². The van der Waals surface area contributed by atoms with Gasteiger partial charge in [0.15, 0.2) is 0 Å². The number of sulfonamides is 1. The Bertz CT molecular complexity index is 1190. The van der Waals surface area contributed by atoms with E-state index in [9.17, 15) is 13.2 Å². The van der Waals surface area contributed by atoms with Crippen LogP contribution in [-0.2, 0) is 14.8 Å². The lowest BCUT2D eigenvalue weighted by molar-refractivity contribution is -0.119. The summed E-state index contributed by atoms with van der Waals surface area (Å²) in [6, 6.07) is 15.6. The first-order valence-electron chi connectivity index (χ1n) is 10.1. The third-order valence-corrected chi connectivity index (χ3v) is 7.47. The smallest absolute Gasteiger partial charge is 0.245 e. The molecule has 1 unspecified atom stereocenters. The molecule has 0 aliphatic carbocycles. The molecule has 156 valence electrons. The molecule has 7 heteroatoms. The zero-order chi connectivity index (χ0) is 21.3. The highest BCUT2D eigenvalue weighted by molar-refractivity contribution is 7.89. The number of anilines is 1. The monoisotopic (exact) mass is 423 g/mol. The van der Waals surface area contributed by atoms with Gasteiger partial charge < -0.3 is 5.32 Å². The van der Waals surface area contributed by atoms with E-state index >= 15 is 0 Å². The maximum atomic E-state index is 13.5. The predicted molar refractivity (Wildman–Crippen MR) is 118 cm³/mol. The highest BCUT2D eigenvalue weighted by atomic mass is 32.2. The minimum atomic E-state index is -3.87. The fraction of sp³-hybridized carbons (Fsp3) is 0.304. The molecular formula is C23H25N3O3S. The molecule has 30 heavy (non-hydrogen) atoms. The molecule has 2 heterocycles. The van der Waals surface area contributed by atoms with Gasteiger partial charge in [0.1, 0.15) is 10.9 Å². The molecular weight excluding hydrogens is 398 g/mol. The number of nitrogens with zero attached hydrogens (tertiary/aromatic N) is 2. The largest absolute Gasteiger partial charge is 0.324 e. The number of hydrogen-bond acceptors (Lipinski definition) is 4. The fourth-order valence-electron chi connectivity index (χ4n) is 4.03. The Morgan fingerprint density at radius 1 is 1.10 bits per heavy atom. The van der Waals surface area contributed by atoms with Crippen molar-refractivity contribution in [3.63, 3.8) is 0 Å². The summed E-state index contributed by atoms with van der Waals surface area (Å²) in [5.41, 5.74) is 2.18. The van der Waals surface area contributed by atoms with E-state index < -0.39 is 16.1 Å². The Labute approximate surface area is 177 Å². The molecule has 1 aliphatic heterocycles. The van der Waals surface area contributed by atoms with Crippen molar-refractivity contribution in [2.24, 2.45) is 0 Å². The number of pyridine rings is 1. The highest BCUT2D eigenvalue weighted by Crippen LogP contribution is 2.31. The Kier molecular flexibility index (Phi) is 5.58. The van der Waals surface area contributed by atoms with Crippen molar-refractivity contribution in [3.05, 3.63) is 66.4 Å². The van der Waals surface area contributed by atoms with Crippen LogP contribution >= 0.6 is 0 Å². The van der Waals surface area contributed by atoms with Gasteiger partial charge in [-0.2, -0.15) is 4.31 Å². The summed E-state index contributed by atoms with van der Waals surface area (Å²) in [5, 5.41) is 3.72. The third-order valence-electron chi connectivity index (χ3n) is 5.53.